The van der Waals surface area contributed by atoms with Crippen LogP contribution in [0.2, 0.25) is 0 Å². The predicted molar refractivity (Wildman–Crippen MR) is 115 cm³/mol. The van der Waals surface area contributed by atoms with E-state index in [1.54, 1.807) is 24.3 Å². The minimum absolute atomic E-state index is 0.0411. The zero-order valence-corrected chi connectivity index (χ0v) is 17.9. The van der Waals surface area contributed by atoms with Crippen LogP contribution in [0.5, 0.6) is 5.75 Å². The van der Waals surface area contributed by atoms with Gasteiger partial charge in [-0.2, -0.15) is 0 Å². The highest BCUT2D eigenvalue weighted by atomic mass is 32.2. The highest BCUT2D eigenvalue weighted by Crippen LogP contribution is 2.20. The average Bonchev–Trinajstić information content (AvgIpc) is 2.79. The SMILES string of the molecule is COc1cccc(S(=O)(=O)N[C@H]2C=C[C@H](CC(=O)NCc3ccccc3)O[C@H]2CO)c1. The largest absolute Gasteiger partial charge is 0.497 e. The second kappa shape index (κ2) is 10.5. The monoisotopic (exact) mass is 446 g/mol. The standard InChI is InChI=1S/C22H26N2O6S/c1-29-17-8-5-9-19(12-17)31(27,28)24-20-11-10-18(30-21(20)15-25)13-22(26)23-14-16-6-3-2-4-7-16/h2-12,18,20-21,24-25H,13-15H2,1H3,(H,23,26)/t18-,20+,21+/m1/s1. The first-order valence-electron chi connectivity index (χ1n) is 9.83. The van der Waals surface area contributed by atoms with Gasteiger partial charge in [0, 0.05) is 12.6 Å². The first kappa shape index (κ1) is 23.0. The fourth-order valence-corrected chi connectivity index (χ4v) is 4.43. The van der Waals surface area contributed by atoms with E-state index in [0.717, 1.165) is 5.56 Å². The molecular weight excluding hydrogens is 420 g/mol. The van der Waals surface area contributed by atoms with Gasteiger partial charge in [-0.3, -0.25) is 4.79 Å². The van der Waals surface area contributed by atoms with Crippen LogP contribution in [0.15, 0.2) is 71.6 Å². The molecule has 2 aromatic carbocycles. The van der Waals surface area contributed by atoms with E-state index in [0.29, 0.717) is 12.3 Å². The van der Waals surface area contributed by atoms with Crippen LogP contribution in [0.25, 0.3) is 0 Å². The molecule has 3 atom stereocenters. The lowest BCUT2D eigenvalue weighted by Gasteiger charge is -2.31. The van der Waals surface area contributed by atoms with Crippen molar-refractivity contribution in [2.75, 3.05) is 13.7 Å². The Morgan fingerprint density at radius 3 is 2.61 bits per heavy atom. The fraction of sp³-hybridized carbons (Fsp3) is 0.318. The maximum atomic E-state index is 12.7. The van der Waals surface area contributed by atoms with Crippen molar-refractivity contribution in [3.05, 3.63) is 72.3 Å². The van der Waals surface area contributed by atoms with Crippen LogP contribution in [0.4, 0.5) is 0 Å². The molecule has 1 aliphatic rings. The summed E-state index contributed by atoms with van der Waals surface area (Å²) in [5, 5.41) is 12.5. The molecule has 0 bridgehead atoms. The van der Waals surface area contributed by atoms with Gasteiger partial charge in [-0.05, 0) is 17.7 Å². The highest BCUT2D eigenvalue weighted by Gasteiger charge is 2.31. The first-order chi connectivity index (χ1) is 14.9. The summed E-state index contributed by atoms with van der Waals surface area (Å²) in [7, 11) is -2.41. The van der Waals surface area contributed by atoms with Crippen LogP contribution < -0.4 is 14.8 Å². The third-order valence-corrected chi connectivity index (χ3v) is 6.28. The van der Waals surface area contributed by atoms with Gasteiger partial charge in [0.15, 0.2) is 0 Å². The van der Waals surface area contributed by atoms with Gasteiger partial charge in [-0.25, -0.2) is 13.1 Å². The third kappa shape index (κ3) is 6.38. The lowest BCUT2D eigenvalue weighted by molar-refractivity contribution is -0.125. The second-order valence-electron chi connectivity index (χ2n) is 7.07. The highest BCUT2D eigenvalue weighted by molar-refractivity contribution is 7.89. The number of carbonyl (C=O) groups is 1. The molecular formula is C22H26N2O6S. The van der Waals surface area contributed by atoms with Crippen molar-refractivity contribution in [3.8, 4) is 5.75 Å². The molecule has 0 unspecified atom stereocenters. The number of aliphatic hydroxyl groups excluding tert-OH is 1. The number of nitrogens with one attached hydrogen (secondary N) is 2. The summed E-state index contributed by atoms with van der Waals surface area (Å²) in [6.45, 7) is 0.000268. The van der Waals surface area contributed by atoms with E-state index in [-0.39, 0.29) is 17.2 Å². The molecule has 0 spiro atoms. The summed E-state index contributed by atoms with van der Waals surface area (Å²) in [6, 6.07) is 14.8. The molecule has 3 N–H and O–H groups in total. The molecule has 8 nitrogen and oxygen atoms in total. The number of rotatable bonds is 9. The molecule has 2 aromatic rings. The third-order valence-electron chi connectivity index (χ3n) is 4.82. The Labute approximate surface area is 181 Å². The summed E-state index contributed by atoms with van der Waals surface area (Å²) in [6.07, 6.45) is 1.92. The number of amides is 1. The van der Waals surface area contributed by atoms with E-state index in [1.807, 2.05) is 30.3 Å². The van der Waals surface area contributed by atoms with E-state index < -0.39 is 34.9 Å². The molecule has 0 radical (unpaired) electrons. The number of methoxy groups -OCH3 is 1. The molecule has 0 aliphatic carbocycles. The van der Waals surface area contributed by atoms with E-state index in [4.69, 9.17) is 9.47 Å². The molecule has 9 heteroatoms. The van der Waals surface area contributed by atoms with Crippen LogP contribution in [0.3, 0.4) is 0 Å². The van der Waals surface area contributed by atoms with Crippen molar-refractivity contribution in [1.29, 1.82) is 0 Å². The van der Waals surface area contributed by atoms with E-state index in [2.05, 4.69) is 10.0 Å². The van der Waals surface area contributed by atoms with Crippen LogP contribution in [0, 0.1) is 0 Å². The van der Waals surface area contributed by atoms with Gasteiger partial charge in [0.1, 0.15) is 11.9 Å². The van der Waals surface area contributed by atoms with Gasteiger partial charge in [0.25, 0.3) is 0 Å². The van der Waals surface area contributed by atoms with Crippen molar-refractivity contribution in [2.24, 2.45) is 0 Å². The van der Waals surface area contributed by atoms with Gasteiger partial charge in [0.2, 0.25) is 15.9 Å². The normalized spacial score (nSPS) is 20.9. The summed E-state index contributed by atoms with van der Waals surface area (Å²) in [5.41, 5.74) is 0.983. The van der Waals surface area contributed by atoms with Crippen LogP contribution >= 0.6 is 0 Å². The molecule has 0 saturated heterocycles. The number of ether oxygens (including phenoxy) is 2. The average molecular weight is 447 g/mol. The van der Waals surface area contributed by atoms with Crippen molar-refractivity contribution in [2.45, 2.75) is 36.1 Å². The molecule has 3 rings (SSSR count). The summed E-state index contributed by atoms with van der Waals surface area (Å²) < 4.78 is 38.8. The lowest BCUT2D eigenvalue weighted by Crippen LogP contribution is -2.49. The maximum absolute atomic E-state index is 12.7. The Balaban J connectivity index is 1.60. The summed E-state index contributed by atoms with van der Waals surface area (Å²) >= 11 is 0. The topological polar surface area (TPSA) is 114 Å². The number of aliphatic hydroxyl groups is 1. The molecule has 0 fully saturated rings. The Morgan fingerprint density at radius 1 is 1.13 bits per heavy atom. The number of benzene rings is 2. The van der Waals surface area contributed by atoms with E-state index in [1.165, 1.54) is 19.2 Å². The smallest absolute Gasteiger partial charge is 0.241 e. The Morgan fingerprint density at radius 2 is 1.90 bits per heavy atom. The molecule has 166 valence electrons. The number of hydrogen-bond donors (Lipinski definition) is 3. The predicted octanol–water partition coefficient (Wildman–Crippen LogP) is 1.36. The Bertz CT molecular complexity index is 1010. The molecule has 0 aromatic heterocycles. The van der Waals surface area contributed by atoms with Crippen molar-refractivity contribution in [3.63, 3.8) is 0 Å². The molecule has 1 amide bonds. The number of sulfonamides is 1. The molecule has 1 aliphatic heterocycles. The van der Waals surface area contributed by atoms with E-state index >= 15 is 0 Å². The van der Waals surface area contributed by atoms with Crippen LogP contribution in [0.1, 0.15) is 12.0 Å². The molecule has 1 heterocycles. The van der Waals surface area contributed by atoms with E-state index in [9.17, 15) is 18.3 Å². The summed E-state index contributed by atoms with van der Waals surface area (Å²) in [4.78, 5) is 12.3. The maximum Gasteiger partial charge on any atom is 0.241 e. The second-order valence-corrected chi connectivity index (χ2v) is 8.79. The Hall–Kier alpha value is -2.72. The minimum Gasteiger partial charge on any atom is -0.497 e. The van der Waals surface area contributed by atoms with Gasteiger partial charge >= 0.3 is 0 Å². The zero-order valence-electron chi connectivity index (χ0n) is 17.1. The zero-order chi connectivity index (χ0) is 22.3. The van der Waals surface area contributed by atoms with Crippen LogP contribution in [-0.4, -0.2) is 51.4 Å². The lowest BCUT2D eigenvalue weighted by atomic mass is 10.1. The van der Waals surface area contributed by atoms with Gasteiger partial charge in [-0.1, -0.05) is 48.6 Å². The van der Waals surface area contributed by atoms with Gasteiger partial charge in [-0.15, -0.1) is 0 Å². The molecule has 31 heavy (non-hydrogen) atoms. The number of carbonyl (C=O) groups excluding carboxylic acids is 1. The van der Waals surface area contributed by atoms with Crippen molar-refractivity contribution < 1.29 is 27.8 Å². The van der Waals surface area contributed by atoms with Crippen molar-refractivity contribution in [1.82, 2.24) is 10.0 Å². The van der Waals surface area contributed by atoms with Crippen molar-refractivity contribution >= 4 is 15.9 Å². The van der Waals surface area contributed by atoms with Gasteiger partial charge in [0.05, 0.1) is 37.2 Å². The first-order valence-corrected chi connectivity index (χ1v) is 11.3. The quantitative estimate of drug-likeness (QED) is 0.502. The Kier molecular flexibility index (Phi) is 7.80. The molecule has 0 saturated carbocycles. The van der Waals surface area contributed by atoms with Crippen LogP contribution in [-0.2, 0) is 26.1 Å². The summed E-state index contributed by atoms with van der Waals surface area (Å²) in [5.74, 6) is 0.212. The number of hydrogen-bond acceptors (Lipinski definition) is 6. The fourth-order valence-electron chi connectivity index (χ4n) is 3.18. The minimum atomic E-state index is -3.87. The van der Waals surface area contributed by atoms with Gasteiger partial charge < -0.3 is 19.9 Å².